The number of halogens is 1. The van der Waals surface area contributed by atoms with Crippen molar-refractivity contribution in [2.75, 3.05) is 6.61 Å². The predicted molar refractivity (Wildman–Crippen MR) is 60.9 cm³/mol. The summed E-state index contributed by atoms with van der Waals surface area (Å²) in [6.45, 7) is -0.549. The van der Waals surface area contributed by atoms with Gasteiger partial charge in [-0.1, -0.05) is 0 Å². The molecule has 0 bridgehead atoms. The Bertz CT molecular complexity index is 556. The Morgan fingerprint density at radius 2 is 2.22 bits per heavy atom. The molecule has 9 heteroatoms. The van der Waals surface area contributed by atoms with Crippen LogP contribution in [0.15, 0.2) is 21.9 Å². The molecule has 4 N–H and O–H groups in total. The Balaban J connectivity index is 2.45. The first kappa shape index (κ1) is 13.3. The Labute approximate surface area is 104 Å². The minimum absolute atomic E-state index is 0.549. The topological polar surface area (TPSA) is 116 Å². The second-order valence-electron chi connectivity index (χ2n) is 3.90. The van der Waals surface area contributed by atoms with Gasteiger partial charge in [0.25, 0.3) is 11.4 Å². The second kappa shape index (κ2) is 4.50. The molecule has 1 saturated heterocycles. The highest BCUT2D eigenvalue weighted by Crippen LogP contribution is 2.48. The molecule has 0 spiro atoms. The molecule has 4 atom stereocenters. The fourth-order valence-electron chi connectivity index (χ4n) is 1.76. The molecule has 1 aromatic heterocycles. The van der Waals surface area contributed by atoms with E-state index in [1.54, 1.807) is 0 Å². The maximum absolute atomic E-state index is 14.0. The van der Waals surface area contributed by atoms with Crippen LogP contribution in [0.3, 0.4) is 0 Å². The Morgan fingerprint density at radius 1 is 1.56 bits per heavy atom. The molecule has 7 nitrogen and oxygen atoms in total. The molecule has 100 valence electrons. The summed E-state index contributed by atoms with van der Waals surface area (Å²) in [5, 5.41) is 25.6. The van der Waals surface area contributed by atoms with E-state index in [0.717, 1.165) is 16.8 Å². The molecule has 1 aliphatic rings. The lowest BCUT2D eigenvalue weighted by atomic mass is 10.1. The summed E-state index contributed by atoms with van der Waals surface area (Å²) < 4.78 is 14.8. The molecule has 2 rings (SSSR count). The molecule has 0 aromatic carbocycles. The zero-order valence-electron chi connectivity index (χ0n) is 8.99. The molecule has 0 radical (unpaired) electrons. The number of aliphatic hydroxyl groups is 3. The van der Waals surface area contributed by atoms with E-state index in [9.17, 15) is 24.2 Å². The van der Waals surface area contributed by atoms with Gasteiger partial charge in [-0.05, 0) is 0 Å². The number of H-pyrrole nitrogens is 1. The summed E-state index contributed by atoms with van der Waals surface area (Å²) in [6, 6.07) is 0.997. The number of aromatic nitrogens is 2. The van der Waals surface area contributed by atoms with Crippen molar-refractivity contribution >= 4 is 11.8 Å². The van der Waals surface area contributed by atoms with Crippen LogP contribution in [-0.2, 0) is 0 Å². The van der Waals surface area contributed by atoms with Gasteiger partial charge in [0.15, 0.2) is 0 Å². The van der Waals surface area contributed by atoms with E-state index in [0.29, 0.717) is 11.8 Å². The number of hydrogen-bond acceptors (Lipinski definition) is 6. The highest BCUT2D eigenvalue weighted by Gasteiger charge is 2.56. The van der Waals surface area contributed by atoms with Crippen LogP contribution in [0, 0.1) is 0 Å². The highest BCUT2D eigenvalue weighted by atomic mass is 32.2. The predicted octanol–water partition coefficient (Wildman–Crippen LogP) is -1.84. The number of rotatable bonds is 2. The largest absolute Gasteiger partial charge is 0.395 e. The number of nitrogens with one attached hydrogen (secondary N) is 1. The van der Waals surface area contributed by atoms with Crippen LogP contribution in [0.2, 0.25) is 0 Å². The van der Waals surface area contributed by atoms with Crippen molar-refractivity contribution in [1.82, 2.24) is 9.55 Å². The van der Waals surface area contributed by atoms with Gasteiger partial charge in [0, 0.05) is 12.3 Å². The smallest absolute Gasteiger partial charge is 0.329 e. The third-order valence-corrected chi connectivity index (χ3v) is 4.27. The molecule has 18 heavy (non-hydrogen) atoms. The fraction of sp³-hybridized carbons (Fsp3) is 0.556. The first-order valence-electron chi connectivity index (χ1n) is 5.05. The fourth-order valence-corrected chi connectivity index (χ4v) is 3.14. The van der Waals surface area contributed by atoms with Crippen molar-refractivity contribution in [3.8, 4) is 0 Å². The van der Waals surface area contributed by atoms with Crippen molar-refractivity contribution < 1.29 is 19.7 Å². The van der Waals surface area contributed by atoms with Gasteiger partial charge in [-0.2, -0.15) is 0 Å². The molecular weight excluding hydrogens is 267 g/mol. The summed E-state index contributed by atoms with van der Waals surface area (Å²) in [7, 11) is 0. The van der Waals surface area contributed by atoms with E-state index >= 15 is 0 Å². The normalized spacial score (nSPS) is 35.9. The highest BCUT2D eigenvalue weighted by molar-refractivity contribution is 8.00. The van der Waals surface area contributed by atoms with Gasteiger partial charge in [0.1, 0.15) is 11.5 Å². The van der Waals surface area contributed by atoms with Gasteiger partial charge in [-0.25, -0.2) is 9.18 Å². The van der Waals surface area contributed by atoms with Crippen LogP contribution in [0.25, 0.3) is 0 Å². The van der Waals surface area contributed by atoms with Crippen molar-refractivity contribution in [2.24, 2.45) is 0 Å². The number of aromatic amines is 1. The minimum Gasteiger partial charge on any atom is -0.395 e. The zero-order valence-corrected chi connectivity index (χ0v) is 9.80. The molecule has 0 amide bonds. The maximum atomic E-state index is 14.0. The quantitative estimate of drug-likeness (QED) is 0.505. The van der Waals surface area contributed by atoms with Crippen molar-refractivity contribution in [3.63, 3.8) is 0 Å². The Morgan fingerprint density at radius 3 is 2.72 bits per heavy atom. The molecule has 2 heterocycles. The van der Waals surface area contributed by atoms with Gasteiger partial charge in [0.05, 0.1) is 11.9 Å². The van der Waals surface area contributed by atoms with Crippen molar-refractivity contribution in [1.29, 1.82) is 0 Å². The number of hydrogen-bond donors (Lipinski definition) is 4. The van der Waals surface area contributed by atoms with E-state index < -0.39 is 40.4 Å². The van der Waals surface area contributed by atoms with E-state index in [-0.39, 0.29) is 0 Å². The molecule has 0 aliphatic carbocycles. The Kier molecular flexibility index (Phi) is 3.32. The summed E-state index contributed by atoms with van der Waals surface area (Å²) >= 11 is 0.715. The van der Waals surface area contributed by atoms with Gasteiger partial charge in [0.2, 0.25) is 0 Å². The van der Waals surface area contributed by atoms with Gasteiger partial charge >= 0.3 is 5.69 Å². The number of thioether (sulfide) groups is 1. The van der Waals surface area contributed by atoms with Crippen LogP contribution >= 0.6 is 11.8 Å². The molecule has 1 aliphatic heterocycles. The molecule has 0 unspecified atom stereocenters. The average Bonchev–Trinajstić information content (AvgIpc) is 2.52. The summed E-state index contributed by atoms with van der Waals surface area (Å²) in [5.74, 6) is -3.07. The monoisotopic (exact) mass is 278 g/mol. The lowest BCUT2D eigenvalue weighted by Crippen LogP contribution is -2.45. The molecule has 1 fully saturated rings. The van der Waals surface area contributed by atoms with Crippen LogP contribution in [-0.4, -0.2) is 48.7 Å². The van der Waals surface area contributed by atoms with Crippen LogP contribution in [0.5, 0.6) is 0 Å². The minimum atomic E-state index is -3.07. The third-order valence-electron chi connectivity index (χ3n) is 2.70. The van der Waals surface area contributed by atoms with E-state index in [4.69, 9.17) is 5.11 Å². The first-order valence-corrected chi connectivity index (χ1v) is 5.99. The summed E-state index contributed by atoms with van der Waals surface area (Å²) in [5.41, 5.74) is -1.55. The van der Waals surface area contributed by atoms with Crippen LogP contribution in [0.4, 0.5) is 4.39 Å². The number of aliphatic hydroxyl groups excluding tert-OH is 2. The zero-order chi connectivity index (χ0) is 13.5. The first-order chi connectivity index (χ1) is 8.37. The van der Waals surface area contributed by atoms with Gasteiger partial charge < -0.3 is 15.3 Å². The molecular formula is C9H11FN2O5S. The third kappa shape index (κ3) is 1.99. The van der Waals surface area contributed by atoms with E-state index in [1.165, 1.54) is 0 Å². The lowest BCUT2D eigenvalue weighted by Gasteiger charge is -2.24. The van der Waals surface area contributed by atoms with Gasteiger partial charge in [-0.15, -0.1) is 11.8 Å². The average molecular weight is 278 g/mol. The van der Waals surface area contributed by atoms with Crippen molar-refractivity contribution in [2.45, 2.75) is 22.6 Å². The Hall–Kier alpha value is -1.16. The summed E-state index contributed by atoms with van der Waals surface area (Å²) in [4.78, 5) is 24.3. The maximum Gasteiger partial charge on any atom is 0.329 e. The molecule has 1 aromatic rings. The molecule has 0 saturated carbocycles. The van der Waals surface area contributed by atoms with E-state index in [2.05, 4.69) is 0 Å². The van der Waals surface area contributed by atoms with Crippen LogP contribution in [0.1, 0.15) is 5.37 Å². The number of alkyl halides is 1. The summed E-state index contributed by atoms with van der Waals surface area (Å²) in [6.07, 6.45) is -0.799. The number of nitrogens with zero attached hydrogens (tertiary/aromatic N) is 1. The van der Waals surface area contributed by atoms with Gasteiger partial charge in [-0.3, -0.25) is 14.3 Å². The SMILES string of the molecule is O=c1ccn([C@H]2S[C@@H](CO)[C@@H](O)[C@]2(O)F)c(=O)[nH]1. The standard InChI is InChI=1S/C9H11FN2O5S/c10-9(17)6(15)4(3-13)18-7(9)12-2-1-5(14)11-8(12)16/h1-2,4,6-7,13,15,17H,3H2,(H,11,14,16)/t4-,6+,7-,9+/m0/s1. The second-order valence-corrected chi connectivity index (χ2v) is 5.22. The van der Waals surface area contributed by atoms with Crippen LogP contribution < -0.4 is 11.2 Å². The lowest BCUT2D eigenvalue weighted by molar-refractivity contribution is -0.173. The van der Waals surface area contributed by atoms with Crippen molar-refractivity contribution in [3.05, 3.63) is 33.1 Å². The van der Waals surface area contributed by atoms with E-state index in [1.807, 2.05) is 4.98 Å².